The lowest BCUT2D eigenvalue weighted by Gasteiger charge is -2.50. The summed E-state index contributed by atoms with van der Waals surface area (Å²) in [6, 6.07) is 158. The molecular formula is C120H72B4N4O8Si2. The first-order valence-electron chi connectivity index (χ1n) is 47.3. The van der Waals surface area contributed by atoms with Gasteiger partial charge in [-0.1, -0.05) is 279 Å². The fourth-order valence-electron chi connectivity index (χ4n) is 25.3. The van der Waals surface area contributed by atoms with Crippen LogP contribution < -0.4 is 165 Å². The van der Waals surface area contributed by atoms with Crippen molar-refractivity contribution in [2.45, 2.75) is 0 Å². The molecule has 0 bridgehead atoms. The van der Waals surface area contributed by atoms with Crippen LogP contribution in [0, 0.1) is 0 Å². The quantitative estimate of drug-likeness (QED) is 0.157. The maximum absolute atomic E-state index is 6.88. The van der Waals surface area contributed by atoms with Crippen molar-refractivity contribution in [2.24, 2.45) is 0 Å². The summed E-state index contributed by atoms with van der Waals surface area (Å²) in [5.74, 6) is 13.5. The molecule has 18 heteroatoms. The van der Waals surface area contributed by atoms with E-state index in [0.29, 0.717) is 0 Å². The zero-order valence-corrected chi connectivity index (χ0v) is 75.9. The zero-order chi connectivity index (χ0) is 89.9. The van der Waals surface area contributed by atoms with Crippen LogP contribution in [-0.4, -0.2) is 43.0 Å². The lowest BCUT2D eigenvalue weighted by Crippen LogP contribution is -2.79. The topological polar surface area (TPSA) is 86.8 Å². The van der Waals surface area contributed by atoms with Crippen molar-refractivity contribution >= 4 is 218 Å². The standard InChI is InChI=1S/2C60H36B2N2O4Si/c1-9-25-47-39(17-1)61-40-18-2-10-26-48(40)66-52-34-37(33-51(65-47)59(52)61)63-43-21-5-13-29-55(43)69(56-30-14-6-22-44(56)63)57-31-15-7-23-45(57)64(46-24-8-16-32-58(46)69)38-35-53-60-54(36-38)68-50-28-12-4-20-42(50)62(60)41-19-3-11-27-49(41)67-53;1-9-24-48-39(16-1)61-40-17-2-10-25-49(40)68-54-36-38(35-53(67-48)60(54)61)64-45-21-6-13-30-57(45)69(58-31-14-7-22-46(58)64)55-28-11-4-19-43(55)63(44-20-5-12-29-56(44)69)37-32-33-50-42(34-37)62-41-18-3-8-23-47(41)65-51-26-15-27-52(66-50)59(51)62/h2*1-36H. The molecule has 0 saturated carbocycles. The van der Waals surface area contributed by atoms with E-state index in [2.05, 4.69) is 444 Å². The summed E-state index contributed by atoms with van der Waals surface area (Å²) in [5.41, 5.74) is 26.6. The van der Waals surface area contributed by atoms with Crippen molar-refractivity contribution in [1.82, 2.24) is 0 Å². The van der Waals surface area contributed by atoms with Gasteiger partial charge in [0.25, 0.3) is 26.9 Å². The van der Waals surface area contributed by atoms with Crippen LogP contribution in [0.2, 0.25) is 0 Å². The van der Waals surface area contributed by atoms with Crippen LogP contribution >= 0.6 is 0 Å². The Balaban J connectivity index is 0.000000128. The normalized spacial score (nSPS) is 14.8. The van der Waals surface area contributed by atoms with Crippen molar-refractivity contribution in [3.8, 4) is 92.0 Å². The minimum absolute atomic E-state index is 0.00263. The summed E-state index contributed by atoms with van der Waals surface area (Å²) < 4.78 is 54.5. The molecule has 2 spiro atoms. The maximum atomic E-state index is 6.88. The molecule has 20 aromatic carbocycles. The monoisotopic (exact) mass is 1800 g/mol. The van der Waals surface area contributed by atoms with E-state index < -0.39 is 16.1 Å². The Hall–Kier alpha value is -17.3. The van der Waals surface area contributed by atoms with Crippen LogP contribution in [-0.2, 0) is 0 Å². The smallest absolute Gasteiger partial charge is 0.260 e. The number of rotatable bonds is 4. The van der Waals surface area contributed by atoms with Crippen molar-refractivity contribution in [1.29, 1.82) is 0 Å². The molecule has 0 aliphatic carbocycles. The summed E-state index contributed by atoms with van der Waals surface area (Å²) in [5, 5.41) is 10.6. The molecule has 0 unspecified atom stereocenters. The Kier molecular flexibility index (Phi) is 15.8. The molecule has 0 aromatic heterocycles. The molecule has 0 saturated heterocycles. The largest absolute Gasteiger partial charge is 0.458 e. The van der Waals surface area contributed by atoms with Crippen LogP contribution in [0.3, 0.4) is 0 Å². The van der Waals surface area contributed by atoms with Crippen LogP contribution in [0.1, 0.15) is 0 Å². The Morgan fingerprint density at radius 1 is 0.138 bits per heavy atom. The summed E-state index contributed by atoms with van der Waals surface area (Å²) >= 11 is 0. The average Bonchev–Trinajstić information content (AvgIpc) is 0.672. The highest BCUT2D eigenvalue weighted by Crippen LogP contribution is 2.53. The van der Waals surface area contributed by atoms with Gasteiger partial charge in [0.15, 0.2) is 16.1 Å². The van der Waals surface area contributed by atoms with Gasteiger partial charge < -0.3 is 57.5 Å². The van der Waals surface area contributed by atoms with Crippen molar-refractivity contribution in [3.63, 3.8) is 0 Å². The molecule has 32 rings (SSSR count). The number of hydrogen-bond acceptors (Lipinski definition) is 12. The summed E-state index contributed by atoms with van der Waals surface area (Å²) in [6.07, 6.45) is 0. The van der Waals surface area contributed by atoms with E-state index in [1.54, 1.807) is 0 Å². The van der Waals surface area contributed by atoms with E-state index in [-0.39, 0.29) is 26.9 Å². The van der Waals surface area contributed by atoms with E-state index >= 15 is 0 Å². The molecule has 0 fully saturated rings. The zero-order valence-electron chi connectivity index (χ0n) is 73.9. The number of nitrogens with zero attached hydrogens (tertiary/aromatic N) is 4. The number of benzene rings is 20. The van der Waals surface area contributed by atoms with Crippen LogP contribution in [0.25, 0.3) is 0 Å². The molecule has 12 nitrogen and oxygen atoms in total. The van der Waals surface area contributed by atoms with Gasteiger partial charge in [-0.15, -0.1) is 0 Å². The van der Waals surface area contributed by atoms with E-state index in [0.717, 1.165) is 214 Å². The molecule has 12 heterocycles. The number of ether oxygens (including phenoxy) is 8. The van der Waals surface area contributed by atoms with Gasteiger partial charge in [0.05, 0.1) is 17.1 Å². The van der Waals surface area contributed by atoms with Gasteiger partial charge in [0.1, 0.15) is 92.0 Å². The second-order valence-electron chi connectivity index (χ2n) is 37.2. The van der Waals surface area contributed by atoms with Crippen LogP contribution in [0.4, 0.5) is 68.2 Å². The molecule has 0 N–H and O–H groups in total. The molecular weight excluding hydrogens is 1720 g/mol. The highest BCUT2D eigenvalue weighted by molar-refractivity contribution is 7.24. The molecule has 12 aliphatic rings. The van der Waals surface area contributed by atoms with E-state index in [4.69, 9.17) is 37.9 Å². The van der Waals surface area contributed by atoms with Gasteiger partial charge >= 0.3 is 0 Å². The summed E-state index contributed by atoms with van der Waals surface area (Å²) in [7, 11) is -6.18. The lowest BCUT2D eigenvalue weighted by molar-refractivity contribution is 0.464. The minimum atomic E-state index is -3.10. The van der Waals surface area contributed by atoms with Gasteiger partial charge in [0, 0.05) is 109 Å². The second kappa shape index (κ2) is 28.6. The van der Waals surface area contributed by atoms with Gasteiger partial charge in [-0.25, -0.2) is 0 Å². The third-order valence-electron chi connectivity index (χ3n) is 30.5. The minimum Gasteiger partial charge on any atom is -0.458 e. The van der Waals surface area contributed by atoms with Gasteiger partial charge in [-0.3, -0.25) is 0 Å². The Morgan fingerprint density at radius 2 is 0.312 bits per heavy atom. The number of anilines is 12. The molecule has 0 atom stereocenters. The van der Waals surface area contributed by atoms with Gasteiger partial charge in [0.2, 0.25) is 0 Å². The van der Waals surface area contributed by atoms with Crippen molar-refractivity contribution < 1.29 is 37.9 Å². The third-order valence-corrected chi connectivity index (χ3v) is 40.4. The first-order chi connectivity index (χ1) is 68.4. The molecule has 20 aromatic rings. The number of para-hydroxylation sites is 15. The highest BCUT2D eigenvalue weighted by Gasteiger charge is 2.58. The van der Waals surface area contributed by atoms with Crippen molar-refractivity contribution in [2.75, 3.05) is 19.6 Å². The Morgan fingerprint density at radius 3 is 0.551 bits per heavy atom. The molecule has 12 aliphatic heterocycles. The molecule has 0 radical (unpaired) electrons. The first kappa shape index (κ1) is 76.1. The lowest BCUT2D eigenvalue weighted by atomic mass is 9.35. The highest BCUT2D eigenvalue weighted by atomic mass is 28.3. The average molecular weight is 1800 g/mol. The first-order valence-corrected chi connectivity index (χ1v) is 51.3. The van der Waals surface area contributed by atoms with Gasteiger partial charge in [-0.2, -0.15) is 0 Å². The number of hydrogen-bond donors (Lipinski definition) is 0. The van der Waals surface area contributed by atoms with Crippen LogP contribution in [0.5, 0.6) is 92.0 Å². The maximum Gasteiger partial charge on any atom is 0.260 e. The second-order valence-corrected chi connectivity index (χ2v) is 44.6. The van der Waals surface area contributed by atoms with E-state index in [1.807, 2.05) is 12.1 Å². The summed E-state index contributed by atoms with van der Waals surface area (Å²) in [6.45, 7) is -0.0618. The predicted octanol–water partition coefficient (Wildman–Crippen LogP) is 16.2. The number of fused-ring (bicyclic) bond motifs is 32. The molecule has 0 amide bonds. The fourth-order valence-corrected chi connectivity index (χ4v) is 36.2. The third kappa shape index (κ3) is 10.3. The van der Waals surface area contributed by atoms with Crippen LogP contribution in [0.15, 0.2) is 437 Å². The fraction of sp³-hybridized carbons (Fsp3) is 0. The Bertz CT molecular complexity index is 8120. The van der Waals surface area contributed by atoms with Gasteiger partial charge in [-0.05, 0) is 207 Å². The Labute approximate surface area is 798 Å². The summed E-state index contributed by atoms with van der Waals surface area (Å²) in [4.78, 5) is 9.81. The predicted molar refractivity (Wildman–Crippen MR) is 564 cm³/mol. The van der Waals surface area contributed by atoms with E-state index in [1.165, 1.54) is 52.9 Å². The molecule has 138 heavy (non-hydrogen) atoms. The molecule has 640 valence electrons. The van der Waals surface area contributed by atoms with E-state index in [9.17, 15) is 0 Å². The van der Waals surface area contributed by atoms with Crippen molar-refractivity contribution in [3.05, 3.63) is 437 Å². The SMILES string of the molecule is c1ccc2c(c1)Oc1cc(N3c4ccccc4[Si]4(c5ccccc53)c3ccccc3N(c3cc5c6c(c3)Oc3ccccc3B6c3ccccc3O5)c3ccccc34)cc3c1B2c1ccccc1O3.c1ccc2c(c1)Oc1cc(N3c4ccccc4[Si]4(c5ccccc53)c3ccccc3N(c3ccc5c(c3)B3c6ccccc6Oc6cccc(c63)O5)c3ccccc34)cc3c1B2c1ccccc1O3.